The van der Waals surface area contributed by atoms with Crippen molar-refractivity contribution in [1.29, 1.82) is 0 Å². The van der Waals surface area contributed by atoms with Gasteiger partial charge >= 0.3 is 0 Å². The van der Waals surface area contributed by atoms with Gasteiger partial charge in [-0.05, 0) is 18.6 Å². The highest BCUT2D eigenvalue weighted by atomic mass is 16.1. The van der Waals surface area contributed by atoms with E-state index < -0.39 is 0 Å². The number of carbonyl (C=O) groups is 1. The highest BCUT2D eigenvalue weighted by Crippen LogP contribution is 2.11. The van der Waals surface area contributed by atoms with E-state index in [2.05, 4.69) is 11.5 Å². The molecule has 0 fully saturated rings. The molecule has 0 spiro atoms. The van der Waals surface area contributed by atoms with Gasteiger partial charge in [-0.25, -0.2) is 0 Å². The molecule has 0 N–H and O–H groups in total. The summed E-state index contributed by atoms with van der Waals surface area (Å²) in [6.07, 6.45) is 14.1. The van der Waals surface area contributed by atoms with E-state index >= 15 is 0 Å². The van der Waals surface area contributed by atoms with Gasteiger partial charge in [-0.3, -0.25) is 4.79 Å². The Morgan fingerprint density at radius 3 is 2.16 bits per heavy atom. The SMILES string of the molecule is CCCCCCCCCCCn1cccc1C(C)=O. The van der Waals surface area contributed by atoms with E-state index in [1.54, 1.807) is 6.92 Å². The molecule has 1 aromatic rings. The molecule has 0 aromatic carbocycles. The van der Waals surface area contributed by atoms with E-state index in [9.17, 15) is 4.79 Å². The fourth-order valence-corrected chi connectivity index (χ4v) is 2.52. The Kier molecular flexibility index (Phi) is 8.28. The summed E-state index contributed by atoms with van der Waals surface area (Å²) in [5, 5.41) is 0. The average molecular weight is 263 g/mol. The molecule has 0 unspecified atom stereocenters. The van der Waals surface area contributed by atoms with Crippen LogP contribution < -0.4 is 0 Å². The zero-order valence-electron chi connectivity index (χ0n) is 12.7. The van der Waals surface area contributed by atoms with Crippen molar-refractivity contribution >= 4 is 5.78 Å². The van der Waals surface area contributed by atoms with Gasteiger partial charge in [-0.2, -0.15) is 0 Å². The first-order chi connectivity index (χ1) is 9.25. The van der Waals surface area contributed by atoms with Gasteiger partial charge in [-0.15, -0.1) is 0 Å². The van der Waals surface area contributed by atoms with Gasteiger partial charge < -0.3 is 4.57 Å². The lowest BCUT2D eigenvalue weighted by atomic mass is 10.1. The van der Waals surface area contributed by atoms with E-state index in [0.29, 0.717) is 0 Å². The largest absolute Gasteiger partial charge is 0.345 e. The molecule has 0 aliphatic heterocycles. The molecule has 0 bridgehead atoms. The Hall–Kier alpha value is -1.05. The van der Waals surface area contributed by atoms with Crippen LogP contribution in [0.2, 0.25) is 0 Å². The highest BCUT2D eigenvalue weighted by molar-refractivity contribution is 5.92. The second-order valence-electron chi connectivity index (χ2n) is 5.47. The number of hydrogen-bond acceptors (Lipinski definition) is 1. The second kappa shape index (κ2) is 9.82. The van der Waals surface area contributed by atoms with E-state index in [1.165, 1.54) is 57.8 Å². The first-order valence-corrected chi connectivity index (χ1v) is 7.91. The first-order valence-electron chi connectivity index (χ1n) is 7.91. The third-order valence-electron chi connectivity index (χ3n) is 3.69. The van der Waals surface area contributed by atoms with Gasteiger partial charge in [0, 0.05) is 19.7 Å². The fourth-order valence-electron chi connectivity index (χ4n) is 2.52. The van der Waals surface area contributed by atoms with Crippen LogP contribution >= 0.6 is 0 Å². The van der Waals surface area contributed by atoms with Crippen LogP contribution in [0.4, 0.5) is 0 Å². The summed E-state index contributed by atoms with van der Waals surface area (Å²) in [6, 6.07) is 3.88. The van der Waals surface area contributed by atoms with Crippen molar-refractivity contribution in [3.8, 4) is 0 Å². The van der Waals surface area contributed by atoms with Crippen molar-refractivity contribution < 1.29 is 4.79 Å². The number of hydrogen-bond donors (Lipinski definition) is 0. The lowest BCUT2D eigenvalue weighted by Crippen LogP contribution is -2.05. The molecule has 0 aliphatic rings. The molecular weight excluding hydrogens is 234 g/mol. The normalized spacial score (nSPS) is 10.8. The summed E-state index contributed by atoms with van der Waals surface area (Å²) in [7, 11) is 0. The maximum Gasteiger partial charge on any atom is 0.176 e. The monoisotopic (exact) mass is 263 g/mol. The molecule has 0 saturated carbocycles. The number of aromatic nitrogens is 1. The van der Waals surface area contributed by atoms with E-state index in [1.807, 2.05) is 18.3 Å². The Morgan fingerprint density at radius 1 is 1.00 bits per heavy atom. The van der Waals surface area contributed by atoms with Crippen molar-refractivity contribution in [3.05, 3.63) is 24.0 Å². The van der Waals surface area contributed by atoms with Gasteiger partial charge in [0.2, 0.25) is 0 Å². The molecule has 108 valence electrons. The topological polar surface area (TPSA) is 22.0 Å². The Labute approximate surface area is 118 Å². The van der Waals surface area contributed by atoms with Gasteiger partial charge in [-0.1, -0.05) is 58.3 Å². The summed E-state index contributed by atoms with van der Waals surface area (Å²) < 4.78 is 2.09. The van der Waals surface area contributed by atoms with Gasteiger partial charge in [0.05, 0.1) is 5.69 Å². The standard InChI is InChI=1S/C17H29NO/c1-3-4-5-6-7-8-9-10-11-14-18-15-12-13-17(18)16(2)19/h12-13,15H,3-11,14H2,1-2H3. The van der Waals surface area contributed by atoms with E-state index in [0.717, 1.165) is 12.2 Å². The molecule has 1 heterocycles. The minimum atomic E-state index is 0.168. The summed E-state index contributed by atoms with van der Waals surface area (Å²) >= 11 is 0. The lowest BCUT2D eigenvalue weighted by Gasteiger charge is -2.07. The van der Waals surface area contributed by atoms with Crippen LogP contribution in [0.25, 0.3) is 0 Å². The Morgan fingerprint density at radius 2 is 1.58 bits per heavy atom. The molecule has 0 amide bonds. The minimum absolute atomic E-state index is 0.168. The average Bonchev–Trinajstić information content (AvgIpc) is 2.85. The summed E-state index contributed by atoms with van der Waals surface area (Å²) in [4.78, 5) is 11.4. The lowest BCUT2D eigenvalue weighted by molar-refractivity contribution is 0.100. The van der Waals surface area contributed by atoms with Crippen LogP contribution in [0.5, 0.6) is 0 Å². The quantitative estimate of drug-likeness (QED) is 0.396. The molecular formula is C17H29NO. The number of rotatable bonds is 11. The molecule has 1 aromatic heterocycles. The zero-order valence-corrected chi connectivity index (χ0v) is 12.7. The van der Waals surface area contributed by atoms with Crippen molar-refractivity contribution in [2.45, 2.75) is 78.2 Å². The predicted octanol–water partition coefficient (Wildman–Crippen LogP) is 5.22. The smallest absolute Gasteiger partial charge is 0.176 e. The number of aryl methyl sites for hydroxylation is 1. The van der Waals surface area contributed by atoms with Crippen LogP contribution in [-0.4, -0.2) is 10.4 Å². The van der Waals surface area contributed by atoms with Crippen LogP contribution in [0.15, 0.2) is 18.3 Å². The van der Waals surface area contributed by atoms with Crippen molar-refractivity contribution in [2.24, 2.45) is 0 Å². The van der Waals surface area contributed by atoms with Crippen LogP contribution in [0, 0.1) is 0 Å². The first kappa shape index (κ1) is 16.0. The third-order valence-corrected chi connectivity index (χ3v) is 3.69. The third kappa shape index (κ3) is 6.60. The number of unbranched alkanes of at least 4 members (excludes halogenated alkanes) is 8. The number of ketones is 1. The highest BCUT2D eigenvalue weighted by Gasteiger charge is 2.04. The molecule has 1 rings (SSSR count). The molecule has 2 nitrogen and oxygen atoms in total. The summed E-state index contributed by atoms with van der Waals surface area (Å²) in [6.45, 7) is 4.89. The molecule has 0 saturated heterocycles. The number of carbonyl (C=O) groups excluding carboxylic acids is 1. The number of nitrogens with zero attached hydrogens (tertiary/aromatic N) is 1. The van der Waals surface area contributed by atoms with Gasteiger partial charge in [0.1, 0.15) is 0 Å². The molecule has 19 heavy (non-hydrogen) atoms. The maximum atomic E-state index is 11.4. The Bertz CT molecular complexity index is 354. The van der Waals surface area contributed by atoms with Crippen LogP contribution in [0.3, 0.4) is 0 Å². The van der Waals surface area contributed by atoms with Gasteiger partial charge in [0.15, 0.2) is 5.78 Å². The number of Topliss-reactive ketones (excluding diaryl/α,β-unsaturated/α-hetero) is 1. The molecule has 2 heteroatoms. The molecule has 0 atom stereocenters. The van der Waals surface area contributed by atoms with E-state index in [-0.39, 0.29) is 5.78 Å². The Balaban J connectivity index is 2.02. The van der Waals surface area contributed by atoms with E-state index in [4.69, 9.17) is 0 Å². The predicted molar refractivity (Wildman–Crippen MR) is 81.7 cm³/mol. The zero-order chi connectivity index (χ0) is 13.9. The summed E-state index contributed by atoms with van der Waals surface area (Å²) in [5.74, 6) is 0.168. The molecule has 0 radical (unpaired) electrons. The maximum absolute atomic E-state index is 11.4. The van der Waals surface area contributed by atoms with Crippen molar-refractivity contribution in [3.63, 3.8) is 0 Å². The minimum Gasteiger partial charge on any atom is -0.345 e. The van der Waals surface area contributed by atoms with Crippen LogP contribution in [0.1, 0.15) is 82.1 Å². The van der Waals surface area contributed by atoms with Gasteiger partial charge in [0.25, 0.3) is 0 Å². The van der Waals surface area contributed by atoms with Crippen molar-refractivity contribution in [1.82, 2.24) is 4.57 Å². The fraction of sp³-hybridized carbons (Fsp3) is 0.706. The van der Waals surface area contributed by atoms with Crippen LogP contribution in [-0.2, 0) is 6.54 Å². The van der Waals surface area contributed by atoms with Crippen molar-refractivity contribution in [2.75, 3.05) is 0 Å². The summed E-state index contributed by atoms with van der Waals surface area (Å²) in [5.41, 5.74) is 0.847. The second-order valence-corrected chi connectivity index (χ2v) is 5.47. The molecule has 0 aliphatic carbocycles.